The van der Waals surface area contributed by atoms with Crippen LogP contribution < -0.4 is 16.6 Å². The minimum Gasteiger partial charge on any atom is -0.355 e. The Hall–Kier alpha value is -0.770. The highest BCUT2D eigenvalue weighted by Gasteiger charge is 2.34. The number of nitrogens with two attached hydrogens (primary N) is 1. The van der Waals surface area contributed by atoms with Gasteiger partial charge in [-0.1, -0.05) is 33.6 Å². The van der Waals surface area contributed by atoms with Crippen molar-refractivity contribution in [3.8, 4) is 0 Å². The molecule has 1 fully saturated rings. The molecule has 0 radical (unpaired) electrons. The van der Waals surface area contributed by atoms with Crippen molar-refractivity contribution in [1.82, 2.24) is 10.7 Å². The molecule has 1 rings (SSSR count). The Balaban J connectivity index is 2.57. The minimum atomic E-state index is 0.421. The molecule has 4 nitrogen and oxygen atoms in total. The van der Waals surface area contributed by atoms with Gasteiger partial charge in [0.2, 0.25) is 5.96 Å². The molecule has 0 bridgehead atoms. The van der Waals surface area contributed by atoms with Gasteiger partial charge in [-0.2, -0.15) is 0 Å². The highest BCUT2D eigenvalue weighted by atomic mass is 15.3. The number of nitrogens with zero attached hydrogens (tertiary/aromatic N) is 1. The average Bonchev–Trinajstić information content (AvgIpc) is 2.77. The van der Waals surface area contributed by atoms with Crippen LogP contribution in [0.25, 0.3) is 0 Å². The molecule has 0 atom stereocenters. The molecule has 0 aromatic rings. The van der Waals surface area contributed by atoms with Crippen LogP contribution in [0, 0.1) is 11.3 Å². The Morgan fingerprint density at radius 2 is 2.00 bits per heavy atom. The molecule has 106 valence electrons. The summed E-state index contributed by atoms with van der Waals surface area (Å²) in [6.07, 6.45) is 7.71. The van der Waals surface area contributed by atoms with Crippen molar-refractivity contribution in [3.63, 3.8) is 0 Å². The maximum absolute atomic E-state index is 5.50. The van der Waals surface area contributed by atoms with Crippen molar-refractivity contribution in [2.24, 2.45) is 22.2 Å². The van der Waals surface area contributed by atoms with E-state index in [-0.39, 0.29) is 0 Å². The van der Waals surface area contributed by atoms with Gasteiger partial charge in [0.05, 0.1) is 0 Å². The second-order valence-electron chi connectivity index (χ2n) is 6.04. The van der Waals surface area contributed by atoms with Crippen LogP contribution in [-0.2, 0) is 0 Å². The Labute approximate surface area is 112 Å². The van der Waals surface area contributed by atoms with Crippen molar-refractivity contribution in [2.75, 3.05) is 13.1 Å². The Morgan fingerprint density at radius 3 is 2.50 bits per heavy atom. The molecule has 1 aliphatic carbocycles. The molecule has 0 aliphatic heterocycles. The number of rotatable bonds is 6. The third kappa shape index (κ3) is 4.84. The second kappa shape index (κ2) is 7.62. The fraction of sp³-hybridized carbons (Fsp3) is 0.929. The molecular weight excluding hydrogens is 224 g/mol. The summed E-state index contributed by atoms with van der Waals surface area (Å²) in [6.45, 7) is 8.57. The van der Waals surface area contributed by atoms with Gasteiger partial charge in [-0.05, 0) is 37.0 Å². The van der Waals surface area contributed by atoms with E-state index in [1.165, 1.54) is 32.1 Å². The Bertz CT molecular complexity index is 255. The van der Waals surface area contributed by atoms with Gasteiger partial charge in [0.15, 0.2) is 0 Å². The largest absolute Gasteiger partial charge is 0.355 e. The summed E-state index contributed by atoms with van der Waals surface area (Å²) in [6, 6.07) is 0. The molecule has 1 aliphatic rings. The molecule has 0 spiro atoms. The normalized spacial score (nSPS) is 19.3. The summed E-state index contributed by atoms with van der Waals surface area (Å²) in [7, 11) is 0. The molecule has 0 saturated heterocycles. The predicted molar refractivity (Wildman–Crippen MR) is 78.3 cm³/mol. The average molecular weight is 254 g/mol. The highest BCUT2D eigenvalue weighted by molar-refractivity contribution is 5.79. The van der Waals surface area contributed by atoms with Crippen molar-refractivity contribution >= 4 is 5.96 Å². The number of nitrogens with one attached hydrogen (secondary N) is 2. The number of aliphatic imine (C=N–C) groups is 1. The fourth-order valence-electron chi connectivity index (χ4n) is 3.06. The van der Waals surface area contributed by atoms with Crippen molar-refractivity contribution in [2.45, 2.75) is 59.3 Å². The molecule has 18 heavy (non-hydrogen) atoms. The first-order valence-electron chi connectivity index (χ1n) is 7.37. The quantitative estimate of drug-likeness (QED) is 0.295. The van der Waals surface area contributed by atoms with Crippen LogP contribution in [-0.4, -0.2) is 19.0 Å². The predicted octanol–water partition coefficient (Wildman–Crippen LogP) is 2.41. The maximum Gasteiger partial charge on any atom is 0.205 e. The summed E-state index contributed by atoms with van der Waals surface area (Å²) in [4.78, 5) is 4.66. The summed E-state index contributed by atoms with van der Waals surface area (Å²) in [5.41, 5.74) is 3.09. The molecular formula is C14H30N4. The maximum atomic E-state index is 5.50. The van der Waals surface area contributed by atoms with Gasteiger partial charge in [0, 0.05) is 13.1 Å². The van der Waals surface area contributed by atoms with E-state index in [1.807, 2.05) is 0 Å². The lowest BCUT2D eigenvalue weighted by Gasteiger charge is -2.29. The number of hydrogen-bond acceptors (Lipinski definition) is 2. The van der Waals surface area contributed by atoms with Crippen LogP contribution in [0.5, 0.6) is 0 Å². The summed E-state index contributed by atoms with van der Waals surface area (Å²) >= 11 is 0. The zero-order chi connectivity index (χ0) is 13.4. The van der Waals surface area contributed by atoms with Crippen LogP contribution in [0.2, 0.25) is 0 Å². The van der Waals surface area contributed by atoms with Gasteiger partial charge in [-0.25, -0.2) is 5.84 Å². The van der Waals surface area contributed by atoms with Gasteiger partial charge in [0.25, 0.3) is 0 Å². The van der Waals surface area contributed by atoms with Crippen LogP contribution >= 0.6 is 0 Å². The van der Waals surface area contributed by atoms with Gasteiger partial charge in [-0.15, -0.1) is 0 Å². The van der Waals surface area contributed by atoms with Crippen LogP contribution in [0.15, 0.2) is 4.99 Å². The molecule has 0 heterocycles. The van der Waals surface area contributed by atoms with E-state index in [1.54, 1.807) is 0 Å². The van der Waals surface area contributed by atoms with Gasteiger partial charge >= 0.3 is 0 Å². The first-order chi connectivity index (χ1) is 8.62. The monoisotopic (exact) mass is 254 g/mol. The van der Waals surface area contributed by atoms with E-state index in [2.05, 4.69) is 36.5 Å². The zero-order valence-corrected chi connectivity index (χ0v) is 12.3. The van der Waals surface area contributed by atoms with Crippen molar-refractivity contribution < 1.29 is 0 Å². The van der Waals surface area contributed by atoms with E-state index in [0.717, 1.165) is 31.4 Å². The van der Waals surface area contributed by atoms with E-state index < -0.39 is 0 Å². The first kappa shape index (κ1) is 15.3. The minimum absolute atomic E-state index is 0.421. The molecule has 0 amide bonds. The number of guanidine groups is 1. The van der Waals surface area contributed by atoms with E-state index in [0.29, 0.717) is 5.41 Å². The SMILES string of the molecule is CCCNC(=NCC1(CC(C)C)CCCC1)NN. The number of hydrazine groups is 1. The number of hydrogen-bond donors (Lipinski definition) is 3. The highest BCUT2D eigenvalue weighted by Crippen LogP contribution is 2.43. The molecule has 0 aromatic carbocycles. The summed E-state index contributed by atoms with van der Waals surface area (Å²) in [5.74, 6) is 6.99. The van der Waals surface area contributed by atoms with Gasteiger partial charge in [-0.3, -0.25) is 10.4 Å². The Kier molecular flexibility index (Phi) is 6.47. The molecule has 0 unspecified atom stereocenters. The van der Waals surface area contributed by atoms with Crippen molar-refractivity contribution in [3.05, 3.63) is 0 Å². The van der Waals surface area contributed by atoms with Gasteiger partial charge in [0.1, 0.15) is 0 Å². The van der Waals surface area contributed by atoms with E-state index in [4.69, 9.17) is 5.84 Å². The van der Waals surface area contributed by atoms with E-state index >= 15 is 0 Å². The van der Waals surface area contributed by atoms with E-state index in [9.17, 15) is 0 Å². The third-order valence-electron chi connectivity index (χ3n) is 3.76. The lowest BCUT2D eigenvalue weighted by molar-refractivity contribution is 0.245. The first-order valence-corrected chi connectivity index (χ1v) is 7.37. The molecule has 1 saturated carbocycles. The smallest absolute Gasteiger partial charge is 0.205 e. The van der Waals surface area contributed by atoms with Crippen LogP contribution in [0.3, 0.4) is 0 Å². The Morgan fingerprint density at radius 1 is 1.33 bits per heavy atom. The lowest BCUT2D eigenvalue weighted by atomic mass is 9.78. The molecule has 4 heteroatoms. The molecule has 0 aromatic heterocycles. The van der Waals surface area contributed by atoms with Crippen LogP contribution in [0.4, 0.5) is 0 Å². The second-order valence-corrected chi connectivity index (χ2v) is 6.04. The summed E-state index contributed by atoms with van der Waals surface area (Å²) < 4.78 is 0. The molecule has 4 N–H and O–H groups in total. The zero-order valence-electron chi connectivity index (χ0n) is 12.3. The fourth-order valence-corrected chi connectivity index (χ4v) is 3.06. The third-order valence-corrected chi connectivity index (χ3v) is 3.76. The standard InChI is InChI=1S/C14H30N4/c1-4-9-16-13(18-15)17-11-14(10-12(2)3)7-5-6-8-14/h12H,4-11,15H2,1-3H3,(H2,16,17,18). The van der Waals surface area contributed by atoms with Crippen LogP contribution in [0.1, 0.15) is 59.3 Å². The summed E-state index contributed by atoms with van der Waals surface area (Å²) in [5, 5.41) is 3.23. The topological polar surface area (TPSA) is 62.4 Å². The van der Waals surface area contributed by atoms with Crippen molar-refractivity contribution in [1.29, 1.82) is 0 Å². The van der Waals surface area contributed by atoms with Gasteiger partial charge < -0.3 is 5.32 Å². The lowest BCUT2D eigenvalue weighted by Crippen LogP contribution is -2.42.